The van der Waals surface area contributed by atoms with Gasteiger partial charge < -0.3 is 20.3 Å². The third-order valence-corrected chi connectivity index (χ3v) is 11.5. The van der Waals surface area contributed by atoms with E-state index in [2.05, 4.69) is 44.4 Å². The molecule has 64 heavy (non-hydrogen) atoms. The number of nitrogens with two attached hydrogens (primary N) is 1. The number of alkyl halides is 5. The van der Waals surface area contributed by atoms with Gasteiger partial charge in [0.05, 0.1) is 30.8 Å². The summed E-state index contributed by atoms with van der Waals surface area (Å²) in [5.74, 6) is -2.62. The number of halogens is 6. The van der Waals surface area contributed by atoms with Crippen LogP contribution in [0.15, 0.2) is 79.4 Å². The van der Waals surface area contributed by atoms with Crippen LogP contribution in [0.4, 0.5) is 26.3 Å². The maximum atomic E-state index is 13.8. The number of fused-ring (bicyclic) bond motifs is 1. The van der Waals surface area contributed by atoms with E-state index in [4.69, 9.17) is 20.3 Å². The van der Waals surface area contributed by atoms with E-state index in [1.807, 2.05) is 48.5 Å². The molecule has 2 aliphatic rings. The fourth-order valence-electron chi connectivity index (χ4n) is 7.48. The van der Waals surface area contributed by atoms with Gasteiger partial charge in [-0.3, -0.25) is 14.5 Å². The number of amides is 1. The Morgan fingerprint density at radius 1 is 1.00 bits per heavy atom. The molecule has 2 atom stereocenters. The zero-order chi connectivity index (χ0) is 48.0. The number of benzene rings is 4. The van der Waals surface area contributed by atoms with E-state index in [1.54, 1.807) is 34.1 Å². The van der Waals surface area contributed by atoms with Crippen molar-refractivity contribution in [1.82, 2.24) is 4.90 Å². The van der Waals surface area contributed by atoms with Gasteiger partial charge in [-0.15, -0.1) is 0 Å². The van der Waals surface area contributed by atoms with Crippen molar-refractivity contribution in [3.8, 4) is 22.6 Å². The normalized spacial score (nSPS) is 16.8. The third kappa shape index (κ3) is 14.6. The number of ether oxygens (including phenoxy) is 2. The van der Waals surface area contributed by atoms with E-state index in [-0.39, 0.29) is 18.4 Å². The minimum absolute atomic E-state index is 0.00237. The van der Waals surface area contributed by atoms with Crippen molar-refractivity contribution >= 4 is 28.2 Å². The van der Waals surface area contributed by atoms with E-state index in [9.17, 15) is 35.9 Å². The molecule has 2 unspecified atom stereocenters. The summed E-state index contributed by atoms with van der Waals surface area (Å²) < 4.78 is 85.0. The molecule has 1 aliphatic heterocycles. The molecule has 350 valence electrons. The summed E-state index contributed by atoms with van der Waals surface area (Å²) in [5.41, 5.74) is 9.80. The zero-order valence-corrected chi connectivity index (χ0v) is 38.4. The molecule has 0 radical (unpaired) electrons. The first-order valence-corrected chi connectivity index (χ1v) is 21.6. The van der Waals surface area contributed by atoms with Gasteiger partial charge in [0.15, 0.2) is 0 Å². The van der Waals surface area contributed by atoms with E-state index in [0.717, 1.165) is 51.4 Å². The molecule has 7 nitrogen and oxygen atoms in total. The van der Waals surface area contributed by atoms with Crippen LogP contribution in [0.2, 0.25) is 0 Å². The molecule has 2 fully saturated rings. The van der Waals surface area contributed by atoms with Crippen LogP contribution in [0.5, 0.6) is 11.5 Å². The van der Waals surface area contributed by atoms with Gasteiger partial charge in [-0.1, -0.05) is 107 Å². The fourth-order valence-corrected chi connectivity index (χ4v) is 7.48. The Labute approximate surface area is 374 Å². The number of likely N-dealkylation sites (tertiary alicyclic amines) is 1. The Morgan fingerprint density at radius 2 is 1.59 bits per heavy atom. The second-order valence-electron chi connectivity index (χ2n) is 16.6. The monoisotopic (exact) mass is 898 g/mol. The molecule has 3 N–H and O–H groups in total. The lowest BCUT2D eigenvalue weighted by Gasteiger charge is -2.20. The average molecular weight is 899 g/mol. The van der Waals surface area contributed by atoms with Gasteiger partial charge in [-0.2, -0.15) is 13.2 Å². The SMILES string of the molecule is C=C(C)c1cc(C)c(C(N)=O)c(F)c1.CCC(F)(F)F.CCC/C=C\C(C)CC.COc1cc(CN2CCC3(C2)CC3(F)F)cc(OC)c1-c1cccc2c(CCC(=O)O)cccc12. The maximum absolute atomic E-state index is 13.8. The number of methoxy groups -OCH3 is 2. The first-order valence-electron chi connectivity index (χ1n) is 21.6. The number of carbonyl (C=O) groups is 2. The van der Waals surface area contributed by atoms with E-state index >= 15 is 0 Å². The molecule has 0 bridgehead atoms. The fraction of sp³-hybridized carbons (Fsp3) is 0.451. The van der Waals surface area contributed by atoms with Crippen LogP contribution < -0.4 is 15.2 Å². The van der Waals surface area contributed by atoms with Crippen LogP contribution >= 0.6 is 0 Å². The number of carboxylic acid groups (broad SMARTS) is 1. The quantitative estimate of drug-likeness (QED) is 0.0965. The maximum Gasteiger partial charge on any atom is 0.388 e. The molecular weight excluding hydrogens is 835 g/mol. The lowest BCUT2D eigenvalue weighted by molar-refractivity contribution is -0.137. The van der Waals surface area contributed by atoms with Gasteiger partial charge in [-0.25, -0.2) is 13.2 Å². The number of aliphatic carboxylic acids is 1. The number of hydrogen-bond donors (Lipinski definition) is 2. The second-order valence-corrected chi connectivity index (χ2v) is 16.6. The van der Waals surface area contributed by atoms with E-state index in [0.29, 0.717) is 55.1 Å². The summed E-state index contributed by atoms with van der Waals surface area (Å²) in [5, 5.41) is 11.1. The van der Waals surface area contributed by atoms with Crippen LogP contribution in [0, 0.1) is 24.1 Å². The molecule has 1 aliphatic carbocycles. The predicted molar refractivity (Wildman–Crippen MR) is 245 cm³/mol. The molecule has 1 saturated carbocycles. The van der Waals surface area contributed by atoms with Gasteiger partial charge in [0, 0.05) is 32.4 Å². The first-order chi connectivity index (χ1) is 30.1. The van der Waals surface area contributed by atoms with Gasteiger partial charge in [-0.05, 0) is 102 Å². The molecule has 4 aromatic carbocycles. The standard InChI is InChI=1S/C28H29F2NO4.C11H12FNO.C9H18.C3H5F3/c1-34-23-13-18(15-31-12-11-27(17-31)16-28(27,29)30)14-24(35-2)26(23)22-8-4-6-20-19(9-10-25(32)33)5-3-7-21(20)22;1-6(2)8-4-7(3)10(11(13)14)9(12)5-8;1-4-6-7-8-9(3)5-2;1-2-3(4,5)6/h3-8,13-14H,9-12,15-17H2,1-2H3,(H,32,33);4-5H,1H2,2-3H3,(H2,13,14);7-9H,4-6H2,1-3H3;2H2,1H3/b;;8-7-;. The van der Waals surface area contributed by atoms with Crippen molar-refractivity contribution in [2.45, 2.75) is 112 Å². The van der Waals surface area contributed by atoms with Crippen molar-refractivity contribution in [2.75, 3.05) is 27.3 Å². The molecule has 1 spiro atoms. The Balaban J connectivity index is 0.000000306. The molecular formula is C51H64F6N2O5. The Morgan fingerprint density at radius 3 is 2.06 bits per heavy atom. The van der Waals surface area contributed by atoms with Gasteiger partial charge >= 0.3 is 12.1 Å². The number of allylic oxidation sites excluding steroid dienone is 3. The van der Waals surface area contributed by atoms with Gasteiger partial charge in [0.25, 0.3) is 11.8 Å². The smallest absolute Gasteiger partial charge is 0.388 e. The summed E-state index contributed by atoms with van der Waals surface area (Å²) >= 11 is 0. The van der Waals surface area contributed by atoms with Crippen LogP contribution in [-0.4, -0.2) is 61.3 Å². The summed E-state index contributed by atoms with van der Waals surface area (Å²) in [7, 11) is 3.22. The van der Waals surface area contributed by atoms with Gasteiger partial charge in [0.1, 0.15) is 17.3 Å². The molecule has 1 heterocycles. The molecule has 1 saturated heterocycles. The number of rotatable bonds is 14. The first kappa shape index (κ1) is 53.0. The Bertz CT molecular complexity index is 2210. The average Bonchev–Trinajstić information content (AvgIpc) is 3.53. The number of carboxylic acids is 1. The number of nitrogens with zero attached hydrogens (tertiary/aromatic N) is 1. The number of unbranched alkanes of at least 4 members (excludes halogenated alkanes) is 1. The summed E-state index contributed by atoms with van der Waals surface area (Å²) in [6.07, 6.45) is 4.72. The van der Waals surface area contributed by atoms with E-state index in [1.165, 1.54) is 25.3 Å². The number of hydrogen-bond acceptors (Lipinski definition) is 5. The number of aryl methyl sites for hydroxylation is 2. The van der Waals surface area contributed by atoms with Crippen LogP contribution in [0.3, 0.4) is 0 Å². The number of primary amides is 1. The zero-order valence-electron chi connectivity index (χ0n) is 38.4. The Kier molecular flexibility index (Phi) is 19.5. The topological polar surface area (TPSA) is 102 Å². The third-order valence-electron chi connectivity index (χ3n) is 11.5. The highest BCUT2D eigenvalue weighted by Crippen LogP contribution is 2.65. The largest absolute Gasteiger partial charge is 0.496 e. The van der Waals surface area contributed by atoms with Crippen molar-refractivity contribution in [1.29, 1.82) is 0 Å². The molecule has 1 amide bonds. The summed E-state index contributed by atoms with van der Waals surface area (Å²) in [4.78, 5) is 24.1. The molecule has 4 aromatic rings. The minimum atomic E-state index is -3.96. The summed E-state index contributed by atoms with van der Waals surface area (Å²) in [6.45, 7) is 16.5. The van der Waals surface area contributed by atoms with Crippen molar-refractivity contribution in [3.05, 3.63) is 113 Å². The molecule has 0 aromatic heterocycles. The highest BCUT2D eigenvalue weighted by Gasteiger charge is 2.72. The molecule has 13 heteroatoms. The summed E-state index contributed by atoms with van der Waals surface area (Å²) in [6, 6.07) is 18.8. The lowest BCUT2D eigenvalue weighted by Crippen LogP contribution is -2.22. The second kappa shape index (κ2) is 23.6. The minimum Gasteiger partial charge on any atom is -0.496 e. The highest BCUT2D eigenvalue weighted by molar-refractivity contribution is 6.01. The van der Waals surface area contributed by atoms with Crippen molar-refractivity contribution in [2.24, 2.45) is 17.1 Å². The predicted octanol–water partition coefficient (Wildman–Crippen LogP) is 13.4. The van der Waals surface area contributed by atoms with Crippen molar-refractivity contribution in [3.63, 3.8) is 0 Å². The lowest BCUT2D eigenvalue weighted by atomic mass is 9.92. The van der Waals surface area contributed by atoms with Crippen molar-refractivity contribution < 1.29 is 50.5 Å². The Hall–Kier alpha value is -5.30. The number of carbonyl (C=O) groups excluding carboxylic acids is 1. The van der Waals surface area contributed by atoms with Gasteiger partial charge in [0.2, 0.25) is 0 Å². The molecule has 6 rings (SSSR count). The van der Waals surface area contributed by atoms with Crippen LogP contribution in [-0.2, 0) is 17.8 Å². The van der Waals surface area contributed by atoms with Crippen LogP contribution in [0.1, 0.15) is 112 Å². The van der Waals surface area contributed by atoms with E-state index < -0.39 is 41.6 Å². The highest BCUT2D eigenvalue weighted by atomic mass is 19.4. The van der Waals surface area contributed by atoms with Crippen LogP contribution in [0.25, 0.3) is 27.5 Å².